The summed E-state index contributed by atoms with van der Waals surface area (Å²) in [4.78, 5) is 4.21. The van der Waals surface area contributed by atoms with E-state index in [1.54, 1.807) is 10.5 Å². The summed E-state index contributed by atoms with van der Waals surface area (Å²) in [5.41, 5.74) is 1.05. The average Bonchev–Trinajstić information content (AvgIpc) is 3.18. The quantitative estimate of drug-likeness (QED) is 0.928. The SMILES string of the molecule is CNc1cc([C@@H]2CCCN2S(=O)(=O)C2CCCC2)ccn1. The number of rotatable bonds is 4. The maximum absolute atomic E-state index is 12.9. The van der Waals surface area contributed by atoms with Crippen LogP contribution in [-0.2, 0) is 10.0 Å². The molecule has 0 unspecified atom stereocenters. The van der Waals surface area contributed by atoms with Crippen LogP contribution in [-0.4, -0.2) is 36.5 Å². The van der Waals surface area contributed by atoms with Crippen LogP contribution in [0.2, 0.25) is 0 Å². The molecular formula is C15H23N3O2S. The van der Waals surface area contributed by atoms with Gasteiger partial charge in [0.2, 0.25) is 10.0 Å². The lowest BCUT2D eigenvalue weighted by atomic mass is 10.1. The highest BCUT2D eigenvalue weighted by molar-refractivity contribution is 7.89. The molecule has 1 saturated carbocycles. The second-order valence-electron chi connectivity index (χ2n) is 5.94. The van der Waals surface area contributed by atoms with Crippen LogP contribution in [0.5, 0.6) is 0 Å². The fraction of sp³-hybridized carbons (Fsp3) is 0.667. The van der Waals surface area contributed by atoms with Gasteiger partial charge in [0.1, 0.15) is 5.82 Å². The third-order valence-electron chi connectivity index (χ3n) is 4.68. The van der Waals surface area contributed by atoms with Gasteiger partial charge in [0.05, 0.1) is 5.25 Å². The minimum atomic E-state index is -3.16. The largest absolute Gasteiger partial charge is 0.373 e. The molecule has 1 saturated heterocycles. The molecular weight excluding hydrogens is 286 g/mol. The van der Waals surface area contributed by atoms with Crippen LogP contribution in [0.4, 0.5) is 5.82 Å². The van der Waals surface area contributed by atoms with Gasteiger partial charge in [0.25, 0.3) is 0 Å². The second kappa shape index (κ2) is 5.93. The smallest absolute Gasteiger partial charge is 0.217 e. The number of pyridine rings is 1. The zero-order chi connectivity index (χ0) is 14.9. The van der Waals surface area contributed by atoms with Gasteiger partial charge in [0, 0.05) is 25.8 Å². The van der Waals surface area contributed by atoms with Crippen molar-refractivity contribution in [3.63, 3.8) is 0 Å². The van der Waals surface area contributed by atoms with Crippen molar-refractivity contribution in [2.45, 2.75) is 49.8 Å². The summed E-state index contributed by atoms with van der Waals surface area (Å²) in [5, 5.41) is 2.86. The number of hydrogen-bond acceptors (Lipinski definition) is 4. The molecule has 0 radical (unpaired) electrons. The maximum atomic E-state index is 12.9. The Labute approximate surface area is 126 Å². The van der Waals surface area contributed by atoms with Crippen molar-refractivity contribution in [1.29, 1.82) is 0 Å². The highest BCUT2D eigenvalue weighted by atomic mass is 32.2. The molecule has 1 N–H and O–H groups in total. The molecule has 2 aliphatic rings. The van der Waals surface area contributed by atoms with Gasteiger partial charge < -0.3 is 5.32 Å². The number of nitrogens with one attached hydrogen (secondary N) is 1. The van der Waals surface area contributed by atoms with Crippen molar-refractivity contribution < 1.29 is 8.42 Å². The standard InChI is InChI=1S/C15H23N3O2S/c1-16-15-11-12(8-9-17-15)14-7-4-10-18(14)21(19,20)13-5-2-3-6-13/h8-9,11,13-14H,2-7,10H2,1H3,(H,16,17)/t14-/m0/s1. The molecule has 5 nitrogen and oxygen atoms in total. The van der Waals surface area contributed by atoms with Crippen LogP contribution < -0.4 is 5.32 Å². The summed E-state index contributed by atoms with van der Waals surface area (Å²) in [7, 11) is -1.34. The minimum Gasteiger partial charge on any atom is -0.373 e. The molecule has 1 atom stereocenters. The Morgan fingerprint density at radius 2 is 2.00 bits per heavy atom. The van der Waals surface area contributed by atoms with Crippen molar-refractivity contribution in [3.05, 3.63) is 23.9 Å². The summed E-state index contributed by atoms with van der Waals surface area (Å²) < 4.78 is 27.5. The Bertz CT molecular complexity index is 597. The van der Waals surface area contributed by atoms with E-state index in [0.29, 0.717) is 6.54 Å². The number of nitrogens with zero attached hydrogens (tertiary/aromatic N) is 2. The highest BCUT2D eigenvalue weighted by Crippen LogP contribution is 2.38. The molecule has 0 spiro atoms. The van der Waals surface area contributed by atoms with Gasteiger partial charge in [-0.3, -0.25) is 0 Å². The molecule has 0 bridgehead atoms. The van der Waals surface area contributed by atoms with Crippen LogP contribution in [0.3, 0.4) is 0 Å². The lowest BCUT2D eigenvalue weighted by Gasteiger charge is -2.27. The van der Waals surface area contributed by atoms with E-state index >= 15 is 0 Å². The van der Waals surface area contributed by atoms with Gasteiger partial charge in [-0.15, -0.1) is 0 Å². The first-order valence-electron chi connectivity index (χ1n) is 7.77. The third-order valence-corrected chi connectivity index (χ3v) is 7.08. The van der Waals surface area contributed by atoms with Gasteiger partial charge in [0.15, 0.2) is 0 Å². The molecule has 0 amide bonds. The molecule has 1 aromatic rings. The Morgan fingerprint density at radius 1 is 1.24 bits per heavy atom. The first-order chi connectivity index (χ1) is 10.1. The van der Waals surface area contributed by atoms with Gasteiger partial charge in [-0.25, -0.2) is 13.4 Å². The van der Waals surface area contributed by atoms with Crippen LogP contribution >= 0.6 is 0 Å². The van der Waals surface area contributed by atoms with E-state index in [4.69, 9.17) is 0 Å². The fourth-order valence-corrected chi connectivity index (χ4v) is 5.82. The molecule has 21 heavy (non-hydrogen) atoms. The second-order valence-corrected chi connectivity index (χ2v) is 8.11. The molecule has 1 aromatic heterocycles. The predicted molar refractivity (Wildman–Crippen MR) is 83.6 cm³/mol. The highest BCUT2D eigenvalue weighted by Gasteiger charge is 2.40. The molecule has 6 heteroatoms. The molecule has 116 valence electrons. The van der Waals surface area contributed by atoms with Crippen molar-refractivity contribution in [2.75, 3.05) is 18.9 Å². The Balaban J connectivity index is 1.88. The van der Waals surface area contributed by atoms with Crippen molar-refractivity contribution in [3.8, 4) is 0 Å². The number of aromatic nitrogens is 1. The zero-order valence-electron chi connectivity index (χ0n) is 12.5. The lowest BCUT2D eigenvalue weighted by molar-refractivity contribution is 0.389. The summed E-state index contributed by atoms with van der Waals surface area (Å²) in [5.74, 6) is 0.789. The van der Waals surface area contributed by atoms with Crippen molar-refractivity contribution in [1.82, 2.24) is 9.29 Å². The Morgan fingerprint density at radius 3 is 2.71 bits per heavy atom. The van der Waals surface area contributed by atoms with Crippen LogP contribution in [0.25, 0.3) is 0 Å². The number of sulfonamides is 1. The molecule has 1 aliphatic heterocycles. The molecule has 0 aromatic carbocycles. The summed E-state index contributed by atoms with van der Waals surface area (Å²) in [6.45, 7) is 0.653. The first kappa shape index (κ1) is 14.8. The summed E-state index contributed by atoms with van der Waals surface area (Å²) >= 11 is 0. The molecule has 3 rings (SSSR count). The number of hydrogen-bond donors (Lipinski definition) is 1. The average molecular weight is 309 g/mol. The minimum absolute atomic E-state index is 0.0225. The molecule has 1 aliphatic carbocycles. The van der Waals surface area contributed by atoms with E-state index < -0.39 is 10.0 Å². The van der Waals surface area contributed by atoms with Crippen LogP contribution in [0.1, 0.15) is 50.1 Å². The van der Waals surface area contributed by atoms with E-state index in [-0.39, 0.29) is 11.3 Å². The van der Waals surface area contributed by atoms with E-state index in [0.717, 1.165) is 49.9 Å². The normalized spacial score (nSPS) is 24.5. The molecule has 2 fully saturated rings. The first-order valence-corrected chi connectivity index (χ1v) is 9.27. The van der Waals surface area contributed by atoms with E-state index in [9.17, 15) is 8.42 Å². The van der Waals surface area contributed by atoms with E-state index in [1.807, 2.05) is 19.2 Å². The zero-order valence-corrected chi connectivity index (χ0v) is 13.3. The van der Waals surface area contributed by atoms with Crippen LogP contribution in [0, 0.1) is 0 Å². The number of anilines is 1. The topological polar surface area (TPSA) is 62.3 Å². The maximum Gasteiger partial charge on any atom is 0.217 e. The Kier molecular flexibility index (Phi) is 4.17. The Hall–Kier alpha value is -1.14. The van der Waals surface area contributed by atoms with Crippen molar-refractivity contribution in [2.24, 2.45) is 0 Å². The third kappa shape index (κ3) is 2.79. The van der Waals surface area contributed by atoms with Gasteiger partial charge in [-0.2, -0.15) is 4.31 Å². The van der Waals surface area contributed by atoms with Gasteiger partial charge >= 0.3 is 0 Å². The van der Waals surface area contributed by atoms with E-state index in [1.165, 1.54) is 0 Å². The van der Waals surface area contributed by atoms with Crippen molar-refractivity contribution >= 4 is 15.8 Å². The van der Waals surface area contributed by atoms with Crippen LogP contribution in [0.15, 0.2) is 18.3 Å². The predicted octanol–water partition coefficient (Wildman–Crippen LogP) is 2.53. The fourth-order valence-electron chi connectivity index (χ4n) is 3.55. The molecule has 2 heterocycles. The van der Waals surface area contributed by atoms with E-state index in [2.05, 4.69) is 10.3 Å². The van der Waals surface area contributed by atoms with Gasteiger partial charge in [-0.05, 0) is 43.4 Å². The summed E-state index contributed by atoms with van der Waals surface area (Å²) in [6, 6.07) is 3.88. The monoisotopic (exact) mass is 309 g/mol. The lowest BCUT2D eigenvalue weighted by Crippen LogP contribution is -2.37. The summed E-state index contributed by atoms with van der Waals surface area (Å²) in [6.07, 6.45) is 7.32. The van der Waals surface area contributed by atoms with Gasteiger partial charge in [-0.1, -0.05) is 12.8 Å².